The number of amides is 1. The first-order chi connectivity index (χ1) is 13.8. The standard InChI is InChI=1S/C22H20N4OS/c27-21(14-19-16-28-22(24-19)13-17-7-3-1-4-8-17)25-20-11-12-23-26(20)15-18-9-5-2-6-10-18/h1-12,16H,13-15H2,(H,25,27). The molecule has 2 heterocycles. The fraction of sp³-hybridized carbons (Fsp3) is 0.136. The summed E-state index contributed by atoms with van der Waals surface area (Å²) < 4.78 is 1.79. The molecular formula is C22H20N4OS. The summed E-state index contributed by atoms with van der Waals surface area (Å²) in [7, 11) is 0. The second kappa shape index (κ2) is 8.63. The van der Waals surface area contributed by atoms with Crippen molar-refractivity contribution in [3.8, 4) is 0 Å². The molecule has 0 fully saturated rings. The maximum Gasteiger partial charge on any atom is 0.231 e. The quantitative estimate of drug-likeness (QED) is 0.517. The zero-order chi connectivity index (χ0) is 19.2. The van der Waals surface area contributed by atoms with Crippen LogP contribution in [0.2, 0.25) is 0 Å². The van der Waals surface area contributed by atoms with E-state index < -0.39 is 0 Å². The number of aromatic nitrogens is 3. The van der Waals surface area contributed by atoms with Gasteiger partial charge in [0.15, 0.2) is 0 Å². The molecule has 2 aromatic carbocycles. The zero-order valence-electron chi connectivity index (χ0n) is 15.3. The average molecular weight is 388 g/mol. The second-order valence-electron chi connectivity index (χ2n) is 6.48. The van der Waals surface area contributed by atoms with Gasteiger partial charge in [0.05, 0.1) is 29.9 Å². The maximum atomic E-state index is 12.5. The molecule has 0 aliphatic rings. The van der Waals surface area contributed by atoms with E-state index in [0.717, 1.165) is 22.7 Å². The molecule has 140 valence electrons. The molecule has 0 radical (unpaired) electrons. The summed E-state index contributed by atoms with van der Waals surface area (Å²) in [6.07, 6.45) is 2.73. The van der Waals surface area contributed by atoms with Crippen LogP contribution in [-0.4, -0.2) is 20.7 Å². The molecular weight excluding hydrogens is 368 g/mol. The molecule has 1 amide bonds. The van der Waals surface area contributed by atoms with Crippen molar-refractivity contribution >= 4 is 23.1 Å². The number of carbonyl (C=O) groups excluding carboxylic acids is 1. The maximum absolute atomic E-state index is 12.5. The molecule has 0 saturated heterocycles. The van der Waals surface area contributed by atoms with Gasteiger partial charge in [-0.1, -0.05) is 60.7 Å². The Morgan fingerprint density at radius 3 is 2.43 bits per heavy atom. The number of hydrogen-bond donors (Lipinski definition) is 1. The minimum absolute atomic E-state index is 0.0913. The van der Waals surface area contributed by atoms with Crippen LogP contribution in [0.15, 0.2) is 78.3 Å². The van der Waals surface area contributed by atoms with Gasteiger partial charge in [-0.15, -0.1) is 11.3 Å². The number of thiazole rings is 1. The molecule has 0 bridgehead atoms. The van der Waals surface area contributed by atoms with Crippen LogP contribution < -0.4 is 5.32 Å². The summed E-state index contributed by atoms with van der Waals surface area (Å²) in [6, 6.07) is 22.1. The Bertz CT molecular complexity index is 1040. The van der Waals surface area contributed by atoms with E-state index in [2.05, 4.69) is 27.5 Å². The van der Waals surface area contributed by atoms with Crippen molar-refractivity contribution in [1.82, 2.24) is 14.8 Å². The van der Waals surface area contributed by atoms with Gasteiger partial charge in [0, 0.05) is 17.9 Å². The Balaban J connectivity index is 1.36. The van der Waals surface area contributed by atoms with Crippen LogP contribution in [0.3, 0.4) is 0 Å². The van der Waals surface area contributed by atoms with Crippen LogP contribution >= 0.6 is 11.3 Å². The number of carbonyl (C=O) groups is 1. The zero-order valence-corrected chi connectivity index (χ0v) is 16.1. The molecule has 6 heteroatoms. The monoisotopic (exact) mass is 388 g/mol. The summed E-state index contributed by atoms with van der Waals surface area (Å²) in [5, 5.41) is 10.2. The molecule has 4 aromatic rings. The molecule has 0 atom stereocenters. The number of nitrogens with zero attached hydrogens (tertiary/aromatic N) is 3. The Morgan fingerprint density at radius 1 is 0.964 bits per heavy atom. The SMILES string of the molecule is O=C(Cc1csc(Cc2ccccc2)n1)Nc1ccnn1Cc1ccccc1. The van der Waals surface area contributed by atoms with E-state index in [0.29, 0.717) is 12.4 Å². The highest BCUT2D eigenvalue weighted by molar-refractivity contribution is 7.09. The van der Waals surface area contributed by atoms with Crippen LogP contribution in [0.1, 0.15) is 21.8 Å². The highest BCUT2D eigenvalue weighted by Crippen LogP contribution is 2.16. The molecule has 1 N–H and O–H groups in total. The fourth-order valence-corrected chi connectivity index (χ4v) is 3.78. The predicted octanol–water partition coefficient (Wildman–Crippen LogP) is 4.16. The van der Waals surface area contributed by atoms with Crippen LogP contribution in [-0.2, 0) is 24.2 Å². The summed E-state index contributed by atoms with van der Waals surface area (Å²) in [5.41, 5.74) is 3.15. The van der Waals surface area contributed by atoms with Gasteiger partial charge in [-0.3, -0.25) is 4.79 Å². The van der Waals surface area contributed by atoms with Crippen molar-refractivity contribution in [2.75, 3.05) is 5.32 Å². The Hall–Kier alpha value is -3.25. The molecule has 0 saturated carbocycles. The van der Waals surface area contributed by atoms with E-state index in [1.54, 1.807) is 22.2 Å². The van der Waals surface area contributed by atoms with Crippen molar-refractivity contribution in [1.29, 1.82) is 0 Å². The van der Waals surface area contributed by atoms with Crippen LogP contribution in [0.5, 0.6) is 0 Å². The van der Waals surface area contributed by atoms with Gasteiger partial charge in [-0.2, -0.15) is 5.10 Å². The van der Waals surface area contributed by atoms with E-state index in [4.69, 9.17) is 0 Å². The van der Waals surface area contributed by atoms with Gasteiger partial charge in [0.25, 0.3) is 0 Å². The molecule has 2 aromatic heterocycles. The highest BCUT2D eigenvalue weighted by Gasteiger charge is 2.11. The average Bonchev–Trinajstić information content (AvgIpc) is 3.33. The van der Waals surface area contributed by atoms with Crippen molar-refractivity contribution in [2.45, 2.75) is 19.4 Å². The molecule has 0 aliphatic heterocycles. The Labute approximate surface area is 167 Å². The van der Waals surface area contributed by atoms with E-state index >= 15 is 0 Å². The lowest BCUT2D eigenvalue weighted by Crippen LogP contribution is -2.18. The molecule has 28 heavy (non-hydrogen) atoms. The van der Waals surface area contributed by atoms with E-state index in [-0.39, 0.29) is 12.3 Å². The van der Waals surface area contributed by atoms with Gasteiger partial charge in [-0.25, -0.2) is 9.67 Å². The predicted molar refractivity (Wildman–Crippen MR) is 111 cm³/mol. The van der Waals surface area contributed by atoms with Gasteiger partial charge in [0.2, 0.25) is 5.91 Å². The number of rotatable bonds is 7. The lowest BCUT2D eigenvalue weighted by Gasteiger charge is -2.08. The van der Waals surface area contributed by atoms with Crippen molar-refractivity contribution in [2.24, 2.45) is 0 Å². The number of hydrogen-bond acceptors (Lipinski definition) is 4. The van der Waals surface area contributed by atoms with Crippen molar-refractivity contribution < 1.29 is 4.79 Å². The fourth-order valence-electron chi connectivity index (χ4n) is 2.95. The smallest absolute Gasteiger partial charge is 0.231 e. The topological polar surface area (TPSA) is 59.8 Å². The van der Waals surface area contributed by atoms with Crippen molar-refractivity contribution in [3.63, 3.8) is 0 Å². The normalized spacial score (nSPS) is 10.7. The third-order valence-electron chi connectivity index (χ3n) is 4.30. The highest BCUT2D eigenvalue weighted by atomic mass is 32.1. The first kappa shape index (κ1) is 18.1. The van der Waals surface area contributed by atoms with Crippen LogP contribution in [0, 0.1) is 0 Å². The number of benzene rings is 2. The van der Waals surface area contributed by atoms with Gasteiger partial charge >= 0.3 is 0 Å². The van der Waals surface area contributed by atoms with E-state index in [1.807, 2.05) is 60.0 Å². The summed E-state index contributed by atoms with van der Waals surface area (Å²) in [5.74, 6) is 0.597. The molecule has 5 nitrogen and oxygen atoms in total. The minimum Gasteiger partial charge on any atom is -0.311 e. The lowest BCUT2D eigenvalue weighted by atomic mass is 10.2. The third kappa shape index (κ3) is 4.72. The van der Waals surface area contributed by atoms with Crippen LogP contribution in [0.25, 0.3) is 0 Å². The summed E-state index contributed by atoms with van der Waals surface area (Å²) in [4.78, 5) is 17.1. The van der Waals surface area contributed by atoms with Crippen LogP contribution in [0.4, 0.5) is 5.82 Å². The van der Waals surface area contributed by atoms with Crippen molar-refractivity contribution in [3.05, 3.63) is 100 Å². The largest absolute Gasteiger partial charge is 0.311 e. The Kier molecular flexibility index (Phi) is 5.58. The Morgan fingerprint density at radius 2 is 1.68 bits per heavy atom. The first-order valence-corrected chi connectivity index (χ1v) is 9.97. The first-order valence-electron chi connectivity index (χ1n) is 9.09. The van der Waals surface area contributed by atoms with Gasteiger partial charge in [0.1, 0.15) is 5.82 Å². The molecule has 0 spiro atoms. The number of anilines is 1. The molecule has 0 unspecified atom stereocenters. The second-order valence-corrected chi connectivity index (χ2v) is 7.42. The molecule has 4 rings (SSSR count). The third-order valence-corrected chi connectivity index (χ3v) is 5.20. The van der Waals surface area contributed by atoms with E-state index in [1.165, 1.54) is 5.56 Å². The number of nitrogens with one attached hydrogen (secondary N) is 1. The molecule has 0 aliphatic carbocycles. The minimum atomic E-state index is -0.0913. The summed E-state index contributed by atoms with van der Waals surface area (Å²) >= 11 is 1.59. The van der Waals surface area contributed by atoms with Gasteiger partial charge in [-0.05, 0) is 11.1 Å². The lowest BCUT2D eigenvalue weighted by molar-refractivity contribution is -0.115. The van der Waals surface area contributed by atoms with E-state index in [9.17, 15) is 4.79 Å². The summed E-state index contributed by atoms with van der Waals surface area (Å²) in [6.45, 7) is 0.612. The van der Waals surface area contributed by atoms with Gasteiger partial charge < -0.3 is 5.32 Å².